The van der Waals surface area contributed by atoms with Crippen LogP contribution in [0.25, 0.3) is 0 Å². The number of anilines is 2. The van der Waals surface area contributed by atoms with E-state index in [9.17, 15) is 18.8 Å². The molecule has 2 heterocycles. The molecule has 0 aliphatic carbocycles. The Bertz CT molecular complexity index is 881. The molecule has 1 N–H and O–H groups in total. The van der Waals surface area contributed by atoms with Gasteiger partial charge in [0.05, 0.1) is 18.2 Å². The minimum atomic E-state index is -0.558. The summed E-state index contributed by atoms with van der Waals surface area (Å²) in [5.74, 6) is -1.98. The molecule has 0 spiro atoms. The molecule has 142 valence electrons. The Morgan fingerprint density at radius 1 is 1.37 bits per heavy atom. The van der Waals surface area contributed by atoms with E-state index in [1.807, 2.05) is 0 Å². The van der Waals surface area contributed by atoms with E-state index in [0.29, 0.717) is 16.3 Å². The number of aryl methyl sites for hydroxylation is 1. The molecule has 0 bridgehead atoms. The number of hydrogen-bond acceptors (Lipinski definition) is 6. The smallest absolute Gasteiger partial charge is 0.350 e. The average molecular weight is 391 g/mol. The first-order chi connectivity index (χ1) is 12.9. The normalized spacial score (nSPS) is 16.5. The first kappa shape index (κ1) is 19.0. The first-order valence-electron chi connectivity index (χ1n) is 8.40. The van der Waals surface area contributed by atoms with Crippen LogP contribution in [0.3, 0.4) is 0 Å². The maximum atomic E-state index is 13.1. The van der Waals surface area contributed by atoms with Crippen LogP contribution in [0.2, 0.25) is 0 Å². The van der Waals surface area contributed by atoms with Crippen LogP contribution in [0.1, 0.15) is 28.7 Å². The summed E-state index contributed by atoms with van der Waals surface area (Å²) in [6.45, 7) is 3.82. The van der Waals surface area contributed by atoms with Crippen molar-refractivity contribution in [3.05, 3.63) is 40.7 Å². The lowest BCUT2D eigenvalue weighted by Crippen LogP contribution is -2.28. The highest BCUT2D eigenvalue weighted by Gasteiger charge is 2.35. The lowest BCUT2D eigenvalue weighted by molar-refractivity contribution is -0.122. The predicted molar refractivity (Wildman–Crippen MR) is 98.3 cm³/mol. The number of ether oxygens (including phenoxy) is 1. The van der Waals surface area contributed by atoms with E-state index in [2.05, 4.69) is 10.3 Å². The van der Waals surface area contributed by atoms with Crippen LogP contribution in [0.15, 0.2) is 24.3 Å². The van der Waals surface area contributed by atoms with Gasteiger partial charge in [-0.15, -0.1) is 0 Å². The second-order valence-electron chi connectivity index (χ2n) is 6.03. The van der Waals surface area contributed by atoms with E-state index >= 15 is 0 Å². The van der Waals surface area contributed by atoms with Gasteiger partial charge >= 0.3 is 5.97 Å². The third-order valence-electron chi connectivity index (χ3n) is 4.12. The highest BCUT2D eigenvalue weighted by molar-refractivity contribution is 7.17. The van der Waals surface area contributed by atoms with Crippen LogP contribution in [0.5, 0.6) is 0 Å². The fraction of sp³-hybridized carbons (Fsp3) is 0.333. The zero-order valence-corrected chi connectivity index (χ0v) is 15.6. The van der Waals surface area contributed by atoms with E-state index in [1.165, 1.54) is 29.2 Å². The van der Waals surface area contributed by atoms with Crippen LogP contribution in [-0.4, -0.2) is 35.9 Å². The molecule has 1 atom stereocenters. The van der Waals surface area contributed by atoms with E-state index < -0.39 is 17.7 Å². The number of hydrogen-bond donors (Lipinski definition) is 1. The van der Waals surface area contributed by atoms with Gasteiger partial charge in [0, 0.05) is 18.7 Å². The van der Waals surface area contributed by atoms with Crippen molar-refractivity contribution in [3.63, 3.8) is 0 Å². The minimum Gasteiger partial charge on any atom is -0.462 e. The number of aromatic nitrogens is 1. The number of carbonyl (C=O) groups excluding carboxylic acids is 3. The largest absolute Gasteiger partial charge is 0.462 e. The summed E-state index contributed by atoms with van der Waals surface area (Å²) in [5.41, 5.74) is 1.02. The zero-order chi connectivity index (χ0) is 19.6. The van der Waals surface area contributed by atoms with Crippen LogP contribution < -0.4 is 10.2 Å². The quantitative estimate of drug-likeness (QED) is 0.792. The second-order valence-corrected chi connectivity index (χ2v) is 7.02. The molecular weight excluding hydrogens is 373 g/mol. The van der Waals surface area contributed by atoms with Crippen molar-refractivity contribution in [2.45, 2.75) is 20.3 Å². The third-order valence-corrected chi connectivity index (χ3v) is 5.17. The average Bonchev–Trinajstić information content (AvgIpc) is 3.19. The predicted octanol–water partition coefficient (Wildman–Crippen LogP) is 2.76. The summed E-state index contributed by atoms with van der Waals surface area (Å²) in [6, 6.07) is 5.54. The molecule has 3 rings (SSSR count). The van der Waals surface area contributed by atoms with Gasteiger partial charge in [-0.05, 0) is 38.1 Å². The van der Waals surface area contributed by atoms with E-state index in [-0.39, 0.29) is 36.5 Å². The van der Waals surface area contributed by atoms with Gasteiger partial charge in [0.25, 0.3) is 0 Å². The van der Waals surface area contributed by atoms with Crippen LogP contribution >= 0.6 is 11.3 Å². The number of benzene rings is 1. The molecule has 1 aliphatic rings. The maximum absolute atomic E-state index is 13.1. The van der Waals surface area contributed by atoms with Gasteiger partial charge in [-0.2, -0.15) is 0 Å². The van der Waals surface area contributed by atoms with Gasteiger partial charge < -0.3 is 15.0 Å². The Morgan fingerprint density at radius 2 is 2.07 bits per heavy atom. The highest BCUT2D eigenvalue weighted by Crippen LogP contribution is 2.28. The monoisotopic (exact) mass is 391 g/mol. The van der Waals surface area contributed by atoms with Crippen molar-refractivity contribution in [1.29, 1.82) is 0 Å². The Balaban J connectivity index is 1.67. The Morgan fingerprint density at radius 3 is 2.74 bits per heavy atom. The van der Waals surface area contributed by atoms with Gasteiger partial charge in [0.1, 0.15) is 10.7 Å². The molecule has 7 nitrogen and oxygen atoms in total. The zero-order valence-electron chi connectivity index (χ0n) is 14.8. The van der Waals surface area contributed by atoms with Crippen molar-refractivity contribution >= 4 is 39.9 Å². The molecule has 1 aromatic heterocycles. The molecule has 2 aromatic rings. The Kier molecular flexibility index (Phi) is 5.50. The van der Waals surface area contributed by atoms with Crippen molar-refractivity contribution in [1.82, 2.24) is 4.98 Å². The number of halogens is 1. The summed E-state index contributed by atoms with van der Waals surface area (Å²) in [5, 5.41) is 2.95. The number of nitrogens with zero attached hydrogens (tertiary/aromatic N) is 2. The second kappa shape index (κ2) is 7.83. The number of nitrogens with one attached hydrogen (secondary N) is 1. The SMILES string of the molecule is CCOC(=O)c1sc(NC(=O)[C@@H]2CC(=O)N(c3ccc(F)cc3)C2)nc1C. The Labute approximate surface area is 159 Å². The maximum Gasteiger partial charge on any atom is 0.350 e. The summed E-state index contributed by atoms with van der Waals surface area (Å²) in [4.78, 5) is 42.5. The summed E-state index contributed by atoms with van der Waals surface area (Å²) in [6.07, 6.45) is 0.0539. The number of esters is 1. The van der Waals surface area contributed by atoms with Crippen LogP contribution in [0, 0.1) is 18.7 Å². The molecule has 1 aromatic carbocycles. The molecular formula is C18H18FN3O4S. The van der Waals surface area contributed by atoms with Gasteiger partial charge in [0.2, 0.25) is 11.8 Å². The number of carbonyl (C=O) groups is 3. The van der Waals surface area contributed by atoms with E-state index in [0.717, 1.165) is 11.3 Å². The third kappa shape index (κ3) is 4.13. The Hall–Kier alpha value is -2.81. The standard InChI is InChI=1S/C18H18FN3O4S/c1-3-26-17(25)15-10(2)20-18(27-15)21-16(24)11-8-14(23)22(9-11)13-6-4-12(19)5-7-13/h4-7,11H,3,8-9H2,1-2H3,(H,20,21,24)/t11-/m1/s1. The molecule has 0 unspecified atom stereocenters. The van der Waals surface area contributed by atoms with Crippen molar-refractivity contribution in [2.24, 2.45) is 5.92 Å². The van der Waals surface area contributed by atoms with Gasteiger partial charge in [-0.3, -0.25) is 9.59 Å². The lowest BCUT2D eigenvalue weighted by atomic mass is 10.1. The van der Waals surface area contributed by atoms with E-state index in [4.69, 9.17) is 4.74 Å². The lowest BCUT2D eigenvalue weighted by Gasteiger charge is -2.16. The number of amides is 2. The van der Waals surface area contributed by atoms with Crippen molar-refractivity contribution in [3.8, 4) is 0 Å². The fourth-order valence-corrected chi connectivity index (χ4v) is 3.66. The molecule has 27 heavy (non-hydrogen) atoms. The molecule has 0 saturated carbocycles. The van der Waals surface area contributed by atoms with Crippen molar-refractivity contribution < 1.29 is 23.5 Å². The topological polar surface area (TPSA) is 88.6 Å². The minimum absolute atomic E-state index is 0.0539. The molecule has 0 radical (unpaired) electrons. The highest BCUT2D eigenvalue weighted by atomic mass is 32.1. The number of thiazole rings is 1. The van der Waals surface area contributed by atoms with Gasteiger partial charge in [0.15, 0.2) is 5.13 Å². The molecule has 1 aliphatic heterocycles. The summed E-state index contributed by atoms with van der Waals surface area (Å²) < 4.78 is 18.0. The molecule has 1 saturated heterocycles. The summed E-state index contributed by atoms with van der Waals surface area (Å²) >= 11 is 1.04. The van der Waals surface area contributed by atoms with E-state index in [1.54, 1.807) is 13.8 Å². The fourth-order valence-electron chi connectivity index (χ4n) is 2.80. The molecule has 1 fully saturated rings. The van der Waals surface area contributed by atoms with Crippen LogP contribution in [-0.2, 0) is 14.3 Å². The van der Waals surface area contributed by atoms with Gasteiger partial charge in [-0.1, -0.05) is 11.3 Å². The molecule has 9 heteroatoms. The van der Waals surface area contributed by atoms with Crippen molar-refractivity contribution in [2.75, 3.05) is 23.4 Å². The number of rotatable bonds is 5. The van der Waals surface area contributed by atoms with Gasteiger partial charge in [-0.25, -0.2) is 14.2 Å². The summed E-state index contributed by atoms with van der Waals surface area (Å²) in [7, 11) is 0. The molecule has 2 amide bonds. The first-order valence-corrected chi connectivity index (χ1v) is 9.22. The van der Waals surface area contributed by atoms with Crippen LogP contribution in [0.4, 0.5) is 15.2 Å².